The van der Waals surface area contributed by atoms with Gasteiger partial charge in [0.25, 0.3) is 0 Å². The smallest absolute Gasteiger partial charge is 0.339 e. The molecule has 154 valence electrons. The van der Waals surface area contributed by atoms with Crippen LogP contribution < -0.4 is 15.0 Å². The molecule has 0 saturated carbocycles. The van der Waals surface area contributed by atoms with Crippen LogP contribution in [0.15, 0.2) is 36.5 Å². The van der Waals surface area contributed by atoms with E-state index in [4.69, 9.17) is 16.3 Å². The maximum Gasteiger partial charge on any atom is 0.339 e. The topological polar surface area (TPSA) is 95.0 Å². The summed E-state index contributed by atoms with van der Waals surface area (Å²) in [5.41, 5.74) is 0.451. The molecule has 1 saturated heterocycles. The fraction of sp³-hybridized carbons (Fsp3) is 0.350. The Balaban J connectivity index is 1.53. The van der Waals surface area contributed by atoms with Crippen molar-refractivity contribution < 1.29 is 19.4 Å². The number of carboxylic acids is 1. The van der Waals surface area contributed by atoms with Crippen molar-refractivity contribution >= 4 is 35.0 Å². The van der Waals surface area contributed by atoms with Gasteiger partial charge in [0, 0.05) is 44.7 Å². The third kappa shape index (κ3) is 5.82. The van der Waals surface area contributed by atoms with Crippen LogP contribution in [0.2, 0.25) is 5.02 Å². The maximum absolute atomic E-state index is 11.6. The fourth-order valence-corrected chi connectivity index (χ4v) is 3.27. The van der Waals surface area contributed by atoms with Crippen molar-refractivity contribution in [2.45, 2.75) is 6.92 Å². The van der Waals surface area contributed by atoms with Crippen LogP contribution in [0.1, 0.15) is 17.3 Å². The Labute approximate surface area is 174 Å². The van der Waals surface area contributed by atoms with E-state index in [1.165, 1.54) is 19.2 Å². The van der Waals surface area contributed by atoms with E-state index in [1.807, 2.05) is 17.0 Å². The standard InChI is InChI=1S/C20H23ClN4O4/c1-14(26)23-16-12-18(20(27)28)19(22-13-16)25-8-6-24(7-9-25)10-11-29-17-4-2-15(21)3-5-17/h2-5,12-13H,6-11H2,1H3,(H,23,26)(H,27,28). The summed E-state index contributed by atoms with van der Waals surface area (Å²) >= 11 is 5.86. The van der Waals surface area contributed by atoms with Crippen molar-refractivity contribution in [3.63, 3.8) is 0 Å². The summed E-state index contributed by atoms with van der Waals surface area (Å²) in [7, 11) is 0. The van der Waals surface area contributed by atoms with Crippen LogP contribution in [0.3, 0.4) is 0 Å². The molecule has 9 heteroatoms. The van der Waals surface area contributed by atoms with Crippen LogP contribution in [-0.4, -0.2) is 66.2 Å². The van der Waals surface area contributed by atoms with Gasteiger partial charge >= 0.3 is 5.97 Å². The van der Waals surface area contributed by atoms with Gasteiger partial charge in [-0.3, -0.25) is 9.69 Å². The number of carbonyl (C=O) groups excluding carboxylic acids is 1. The summed E-state index contributed by atoms with van der Waals surface area (Å²) in [5, 5.41) is 12.8. The number of halogens is 1. The van der Waals surface area contributed by atoms with Crippen molar-refractivity contribution in [2.24, 2.45) is 0 Å². The molecule has 29 heavy (non-hydrogen) atoms. The molecule has 1 aromatic heterocycles. The van der Waals surface area contributed by atoms with E-state index in [1.54, 1.807) is 12.1 Å². The number of hydrogen-bond donors (Lipinski definition) is 2. The number of amides is 1. The number of carbonyl (C=O) groups is 2. The van der Waals surface area contributed by atoms with Gasteiger partial charge in [-0.15, -0.1) is 0 Å². The first-order valence-corrected chi connectivity index (χ1v) is 9.67. The number of aromatic nitrogens is 1. The maximum atomic E-state index is 11.6. The van der Waals surface area contributed by atoms with Gasteiger partial charge in [-0.2, -0.15) is 0 Å². The number of nitrogens with zero attached hydrogens (tertiary/aromatic N) is 3. The molecule has 0 atom stereocenters. The number of ether oxygens (including phenoxy) is 1. The predicted molar refractivity (Wildman–Crippen MR) is 111 cm³/mol. The molecule has 0 unspecified atom stereocenters. The van der Waals surface area contributed by atoms with Gasteiger partial charge in [-0.25, -0.2) is 9.78 Å². The highest BCUT2D eigenvalue weighted by atomic mass is 35.5. The number of rotatable bonds is 7. The SMILES string of the molecule is CC(=O)Nc1cnc(N2CCN(CCOc3ccc(Cl)cc3)CC2)c(C(=O)O)c1. The number of benzene rings is 1. The lowest BCUT2D eigenvalue weighted by molar-refractivity contribution is -0.114. The summed E-state index contributed by atoms with van der Waals surface area (Å²) in [6, 6.07) is 8.70. The Bertz CT molecular complexity index is 867. The number of hydrogen-bond acceptors (Lipinski definition) is 6. The molecule has 0 bridgehead atoms. The van der Waals surface area contributed by atoms with Gasteiger partial charge in [0.1, 0.15) is 23.7 Å². The number of nitrogens with one attached hydrogen (secondary N) is 1. The van der Waals surface area contributed by atoms with Crippen molar-refractivity contribution in [2.75, 3.05) is 49.5 Å². The second kappa shape index (κ2) is 9.58. The highest BCUT2D eigenvalue weighted by Crippen LogP contribution is 2.23. The molecule has 2 heterocycles. The lowest BCUT2D eigenvalue weighted by atomic mass is 10.2. The molecule has 1 fully saturated rings. The van der Waals surface area contributed by atoms with E-state index >= 15 is 0 Å². The number of piperazine rings is 1. The predicted octanol–water partition coefficient (Wildman–Crippen LogP) is 2.59. The fourth-order valence-electron chi connectivity index (χ4n) is 3.15. The number of pyridine rings is 1. The quantitative estimate of drug-likeness (QED) is 0.713. The van der Waals surface area contributed by atoms with Crippen LogP contribution >= 0.6 is 11.6 Å². The molecule has 2 N–H and O–H groups in total. The largest absolute Gasteiger partial charge is 0.492 e. The van der Waals surface area contributed by atoms with Crippen LogP contribution in [0, 0.1) is 0 Å². The van der Waals surface area contributed by atoms with E-state index < -0.39 is 5.97 Å². The average molecular weight is 419 g/mol. The van der Waals surface area contributed by atoms with Crippen LogP contribution in [0.4, 0.5) is 11.5 Å². The van der Waals surface area contributed by atoms with Gasteiger partial charge in [-0.1, -0.05) is 11.6 Å². The number of carboxylic acid groups (broad SMARTS) is 1. The first-order valence-electron chi connectivity index (χ1n) is 9.29. The summed E-state index contributed by atoms with van der Waals surface area (Å²) in [5.74, 6) is -0.143. The minimum atomic E-state index is -1.07. The van der Waals surface area contributed by atoms with Crippen molar-refractivity contribution in [1.82, 2.24) is 9.88 Å². The van der Waals surface area contributed by atoms with E-state index in [0.29, 0.717) is 36.2 Å². The zero-order chi connectivity index (χ0) is 20.8. The summed E-state index contributed by atoms with van der Waals surface area (Å²) in [6.45, 7) is 5.57. The normalized spacial score (nSPS) is 14.5. The summed E-state index contributed by atoms with van der Waals surface area (Å²) in [4.78, 5) is 31.3. The minimum absolute atomic E-state index is 0.0794. The van der Waals surface area contributed by atoms with E-state index in [2.05, 4.69) is 15.2 Å². The summed E-state index contributed by atoms with van der Waals surface area (Å²) in [6.07, 6.45) is 1.48. The Morgan fingerprint density at radius 1 is 1.21 bits per heavy atom. The average Bonchev–Trinajstić information content (AvgIpc) is 2.69. The zero-order valence-corrected chi connectivity index (χ0v) is 16.9. The molecule has 0 aliphatic carbocycles. The van der Waals surface area contributed by atoms with Gasteiger partial charge in [-0.05, 0) is 30.3 Å². The monoisotopic (exact) mass is 418 g/mol. The molecule has 1 aromatic carbocycles. The van der Waals surface area contributed by atoms with E-state index in [9.17, 15) is 14.7 Å². The molecular formula is C20H23ClN4O4. The van der Waals surface area contributed by atoms with Crippen molar-refractivity contribution in [3.05, 3.63) is 47.1 Å². The lowest BCUT2D eigenvalue weighted by Crippen LogP contribution is -2.48. The van der Waals surface area contributed by atoms with E-state index in [0.717, 1.165) is 25.4 Å². The molecule has 1 aliphatic heterocycles. The minimum Gasteiger partial charge on any atom is -0.492 e. The number of aromatic carboxylic acids is 1. The van der Waals surface area contributed by atoms with Gasteiger partial charge in [0.05, 0.1) is 11.9 Å². The van der Waals surface area contributed by atoms with Crippen LogP contribution in [0.5, 0.6) is 5.75 Å². The Morgan fingerprint density at radius 3 is 2.52 bits per heavy atom. The third-order valence-corrected chi connectivity index (χ3v) is 4.83. The molecule has 0 radical (unpaired) electrons. The second-order valence-electron chi connectivity index (χ2n) is 6.71. The van der Waals surface area contributed by atoms with Crippen molar-refractivity contribution in [3.8, 4) is 5.75 Å². The Morgan fingerprint density at radius 2 is 1.90 bits per heavy atom. The Hall–Kier alpha value is -2.84. The van der Waals surface area contributed by atoms with Gasteiger partial charge in [0.15, 0.2) is 0 Å². The Kier molecular flexibility index (Phi) is 6.90. The molecule has 8 nitrogen and oxygen atoms in total. The van der Waals surface area contributed by atoms with E-state index in [-0.39, 0.29) is 11.5 Å². The molecule has 0 spiro atoms. The van der Waals surface area contributed by atoms with Crippen molar-refractivity contribution in [1.29, 1.82) is 0 Å². The molecule has 1 aliphatic rings. The molecule has 3 rings (SSSR count). The first kappa shape index (κ1) is 20.9. The zero-order valence-electron chi connectivity index (χ0n) is 16.1. The van der Waals surface area contributed by atoms with Gasteiger partial charge in [0.2, 0.25) is 5.91 Å². The highest BCUT2D eigenvalue weighted by molar-refractivity contribution is 6.30. The molecular weight excluding hydrogens is 396 g/mol. The van der Waals surface area contributed by atoms with Gasteiger partial charge < -0.3 is 20.1 Å². The lowest BCUT2D eigenvalue weighted by Gasteiger charge is -2.35. The molecule has 1 amide bonds. The number of anilines is 2. The van der Waals surface area contributed by atoms with Crippen LogP contribution in [0.25, 0.3) is 0 Å². The highest BCUT2D eigenvalue weighted by Gasteiger charge is 2.23. The first-order chi connectivity index (χ1) is 13.9. The molecule has 2 aromatic rings. The summed E-state index contributed by atoms with van der Waals surface area (Å²) < 4.78 is 5.73. The van der Waals surface area contributed by atoms with Crippen LogP contribution in [-0.2, 0) is 4.79 Å². The third-order valence-electron chi connectivity index (χ3n) is 4.58. The second-order valence-corrected chi connectivity index (χ2v) is 7.15.